The molecule has 49 heavy (non-hydrogen) atoms. The van der Waals surface area contributed by atoms with Gasteiger partial charge in [0.1, 0.15) is 11.2 Å². The molecule has 1 amide bonds. The summed E-state index contributed by atoms with van der Waals surface area (Å²) in [6, 6.07) is 6.04. The minimum Gasteiger partial charge on any atom is -0.481 e. The summed E-state index contributed by atoms with van der Waals surface area (Å²) >= 11 is 0. The zero-order valence-electron chi connectivity index (χ0n) is 28.9. The molecule has 6 fully saturated rings. The zero-order valence-corrected chi connectivity index (χ0v) is 28.9. The van der Waals surface area contributed by atoms with Crippen LogP contribution in [0.25, 0.3) is 0 Å². The topological polar surface area (TPSA) is 173 Å². The van der Waals surface area contributed by atoms with Crippen LogP contribution in [0.2, 0.25) is 0 Å². The minimum atomic E-state index is -1.70. The third-order valence-corrected chi connectivity index (χ3v) is 13.8. The van der Waals surface area contributed by atoms with E-state index in [1.807, 2.05) is 0 Å². The lowest BCUT2D eigenvalue weighted by Crippen LogP contribution is -2.82. The first-order valence-electron chi connectivity index (χ1n) is 17.5. The molecule has 5 saturated carbocycles. The number of para-hydroxylation sites is 1. The predicted octanol–water partition coefficient (Wildman–Crippen LogP) is 1.94. The lowest BCUT2D eigenvalue weighted by molar-refractivity contribution is -0.320. The molecule has 5 aliphatic carbocycles. The highest BCUT2D eigenvalue weighted by Crippen LogP contribution is 2.80. The van der Waals surface area contributed by atoms with E-state index >= 15 is 0 Å². The van der Waals surface area contributed by atoms with Gasteiger partial charge in [-0.05, 0) is 43.9 Å². The number of esters is 1. The molecule has 7 rings (SSSR count). The van der Waals surface area contributed by atoms with Crippen molar-refractivity contribution >= 4 is 23.5 Å². The number of aliphatic carboxylic acids is 1. The van der Waals surface area contributed by atoms with Gasteiger partial charge in [0.05, 0.1) is 54.7 Å². The molecule has 1 spiro atoms. The van der Waals surface area contributed by atoms with Crippen LogP contribution >= 0.6 is 0 Å². The second kappa shape index (κ2) is 12.2. The molecule has 1 saturated heterocycles. The Hall–Kier alpha value is -2.65. The molecule has 13 atom stereocenters. The van der Waals surface area contributed by atoms with E-state index < -0.39 is 52.0 Å². The number of nitrogens with one attached hydrogen (secondary N) is 1. The molecule has 270 valence electrons. The Morgan fingerprint density at radius 2 is 1.78 bits per heavy atom. The highest BCUT2D eigenvalue weighted by molar-refractivity contribution is 6.01. The van der Waals surface area contributed by atoms with Gasteiger partial charge in [-0.15, -0.1) is 0 Å². The Morgan fingerprint density at radius 3 is 2.43 bits per heavy atom. The number of carbonyl (C=O) groups is 3. The lowest BCUT2D eigenvalue weighted by atomic mass is 9.42. The maximum absolute atomic E-state index is 13.9. The third-order valence-electron chi connectivity index (χ3n) is 13.8. The number of fused-ring (bicyclic) bond motifs is 2. The number of ether oxygens (including phenoxy) is 5. The van der Waals surface area contributed by atoms with E-state index in [1.165, 1.54) is 0 Å². The average molecular weight is 687 g/mol. The number of carboxylic acid groups (broad SMARTS) is 1. The first kappa shape index (κ1) is 34.8. The highest BCUT2D eigenvalue weighted by atomic mass is 16.5. The second-order valence-electron chi connectivity index (χ2n) is 15.2. The smallest absolute Gasteiger partial charge is 0.340 e. The quantitative estimate of drug-likeness (QED) is 0.236. The number of piperidine rings is 1. The number of hydrogen-bond acceptors (Lipinski definition) is 11. The molecule has 0 aromatic heterocycles. The molecule has 5 unspecified atom stereocenters. The van der Waals surface area contributed by atoms with Gasteiger partial charge in [0.25, 0.3) is 0 Å². The van der Waals surface area contributed by atoms with Gasteiger partial charge in [-0.1, -0.05) is 19.1 Å². The fourth-order valence-electron chi connectivity index (χ4n) is 12.5. The van der Waals surface area contributed by atoms with Crippen molar-refractivity contribution in [3.05, 3.63) is 29.8 Å². The molecule has 0 radical (unpaired) electrons. The lowest BCUT2D eigenvalue weighted by Gasteiger charge is -2.70. The Labute approximate surface area is 286 Å². The molecule has 13 heteroatoms. The number of carboxylic acids is 1. The van der Waals surface area contributed by atoms with Gasteiger partial charge >= 0.3 is 11.9 Å². The normalized spacial score (nSPS) is 44.4. The standard InChI is InChI=1S/C36H50N2O11/c1-6-38-17-33(18-49-31(42)19-9-7-8-10-22(19)37-25(39)11-12-26(40)41)14-13-24(46-3)35-21-15-20-23(45-2)16-34(43,27(21)28(20)47-4)36(44,32(35)38)30(48-5)29(33)35/h7-10,20-21,23-24,27-30,32,43-44H,6,11-18H2,1-5H3,(H,37,39)(H,40,41)/t20?,21-,23+,24?,27-,28+,29-,30+,32?,33+,34-,35?,36?/m1/s1. The van der Waals surface area contributed by atoms with E-state index in [9.17, 15) is 24.6 Å². The number of nitrogens with zero attached hydrogens (tertiary/aromatic N) is 1. The maximum atomic E-state index is 13.9. The van der Waals surface area contributed by atoms with Crippen molar-refractivity contribution in [3.8, 4) is 0 Å². The van der Waals surface area contributed by atoms with Crippen LogP contribution in [0.1, 0.15) is 55.8 Å². The summed E-state index contributed by atoms with van der Waals surface area (Å²) in [6.07, 6.45) is 0.0966. The van der Waals surface area contributed by atoms with Crippen molar-refractivity contribution in [1.82, 2.24) is 4.90 Å². The number of rotatable bonds is 12. The van der Waals surface area contributed by atoms with E-state index in [2.05, 4.69) is 17.1 Å². The van der Waals surface area contributed by atoms with Crippen molar-refractivity contribution in [2.45, 2.75) is 87.1 Å². The number of likely N-dealkylation sites (tertiary alicyclic amines) is 1. The van der Waals surface area contributed by atoms with Gasteiger partial charge in [-0.2, -0.15) is 0 Å². The molecule has 1 aromatic carbocycles. The predicted molar refractivity (Wildman–Crippen MR) is 174 cm³/mol. The van der Waals surface area contributed by atoms with E-state index in [4.69, 9.17) is 28.8 Å². The Bertz CT molecular complexity index is 1490. The molecular formula is C36H50N2O11. The summed E-state index contributed by atoms with van der Waals surface area (Å²) in [6.45, 7) is 3.20. The largest absolute Gasteiger partial charge is 0.481 e. The van der Waals surface area contributed by atoms with Crippen LogP contribution in [0.15, 0.2) is 24.3 Å². The Morgan fingerprint density at radius 1 is 1.02 bits per heavy atom. The van der Waals surface area contributed by atoms with Crippen LogP contribution in [0.4, 0.5) is 5.69 Å². The zero-order chi connectivity index (χ0) is 35.1. The first-order valence-corrected chi connectivity index (χ1v) is 17.5. The molecule has 4 N–H and O–H groups in total. The summed E-state index contributed by atoms with van der Waals surface area (Å²) < 4.78 is 31.2. The number of likely N-dealkylation sites (N-methyl/N-ethyl adjacent to an activating group) is 1. The van der Waals surface area contributed by atoms with E-state index in [0.29, 0.717) is 25.9 Å². The SMILES string of the molecule is CCN1C[C@]2(COC(=O)c3ccccc3NC(=O)CCC(=O)O)CCC(OC)C34C1C(O)([C@@H](OC)[C@@H]32)[C@@]1(O)C[C@H](OC)C2C[C@@H]4[C@@H]1[C@H]2OC. The summed E-state index contributed by atoms with van der Waals surface area (Å²) in [5, 5.41) is 38.2. The van der Waals surface area contributed by atoms with Crippen molar-refractivity contribution in [2.24, 2.45) is 34.5 Å². The number of amides is 1. The Balaban J connectivity index is 1.29. The van der Waals surface area contributed by atoms with Gasteiger partial charge in [0.15, 0.2) is 0 Å². The molecule has 1 heterocycles. The van der Waals surface area contributed by atoms with Crippen LogP contribution in [0, 0.1) is 34.5 Å². The van der Waals surface area contributed by atoms with E-state index in [-0.39, 0.29) is 79.1 Å². The van der Waals surface area contributed by atoms with Gasteiger partial charge in [0.2, 0.25) is 5.91 Å². The van der Waals surface area contributed by atoms with Crippen LogP contribution < -0.4 is 5.32 Å². The minimum absolute atomic E-state index is 0.0305. The number of benzene rings is 1. The number of aliphatic hydroxyl groups is 2. The van der Waals surface area contributed by atoms with Crippen molar-refractivity contribution in [1.29, 1.82) is 0 Å². The number of methoxy groups -OCH3 is 4. The molecule has 13 nitrogen and oxygen atoms in total. The Kier molecular flexibility index (Phi) is 8.69. The number of anilines is 1. The highest BCUT2D eigenvalue weighted by Gasteiger charge is 2.91. The second-order valence-corrected chi connectivity index (χ2v) is 15.2. The van der Waals surface area contributed by atoms with Gasteiger partial charge in [-0.3, -0.25) is 14.5 Å². The van der Waals surface area contributed by atoms with Crippen LogP contribution in [0.3, 0.4) is 0 Å². The van der Waals surface area contributed by atoms with Crippen molar-refractivity contribution in [3.63, 3.8) is 0 Å². The van der Waals surface area contributed by atoms with Crippen LogP contribution in [0.5, 0.6) is 0 Å². The molecule has 1 aromatic rings. The van der Waals surface area contributed by atoms with Crippen molar-refractivity contribution in [2.75, 3.05) is 53.5 Å². The van der Waals surface area contributed by atoms with E-state index in [1.54, 1.807) is 52.7 Å². The van der Waals surface area contributed by atoms with Crippen LogP contribution in [-0.4, -0.2) is 128 Å². The molecule has 6 aliphatic rings. The fourth-order valence-corrected chi connectivity index (χ4v) is 12.5. The fraction of sp³-hybridized carbons (Fsp3) is 0.750. The number of carbonyl (C=O) groups excluding carboxylic acids is 2. The van der Waals surface area contributed by atoms with Gasteiger partial charge < -0.3 is 44.3 Å². The summed E-state index contributed by atoms with van der Waals surface area (Å²) in [5.41, 5.74) is -4.18. The molecule has 7 bridgehead atoms. The molecule has 1 aliphatic heterocycles. The monoisotopic (exact) mass is 686 g/mol. The van der Waals surface area contributed by atoms with Crippen molar-refractivity contribution < 1.29 is 53.4 Å². The average Bonchev–Trinajstić information content (AvgIpc) is 3.51. The van der Waals surface area contributed by atoms with E-state index in [0.717, 1.165) is 6.42 Å². The van der Waals surface area contributed by atoms with Gasteiger partial charge in [0, 0.05) is 76.4 Å². The summed E-state index contributed by atoms with van der Waals surface area (Å²) in [7, 11) is 6.66. The van der Waals surface area contributed by atoms with Gasteiger partial charge in [-0.25, -0.2) is 4.79 Å². The number of hydrogen-bond donors (Lipinski definition) is 4. The van der Waals surface area contributed by atoms with Crippen LogP contribution in [-0.2, 0) is 33.3 Å². The first-order chi connectivity index (χ1) is 23.4. The summed E-state index contributed by atoms with van der Waals surface area (Å²) in [5.74, 6) is -2.97. The maximum Gasteiger partial charge on any atom is 0.340 e. The molecular weight excluding hydrogens is 636 g/mol. The third kappa shape index (κ3) is 4.45. The summed E-state index contributed by atoms with van der Waals surface area (Å²) in [4.78, 5) is 39.6.